The van der Waals surface area contributed by atoms with Gasteiger partial charge < -0.3 is 9.84 Å². The summed E-state index contributed by atoms with van der Waals surface area (Å²) in [6.07, 6.45) is 6.96. The standard InChI is InChI=1S/C27H38O6/c1-5-16(6-2)24(31)33-15-22(30)27(32)12-10-20-19-8-7-17-13-18(28)9-11-25(17,3)23(19)21(29)14-26(20,27)4/h13,16,19-20,23,32H,5-12,14-15H2,1-4H3/t19?,20?,23?,25-,26-,27-/m0/s1. The molecule has 6 atom stereocenters. The average Bonchev–Trinajstić information content (AvgIpc) is 3.04. The van der Waals surface area contributed by atoms with E-state index in [1.165, 1.54) is 0 Å². The number of aliphatic hydroxyl groups is 1. The largest absolute Gasteiger partial charge is 0.457 e. The lowest BCUT2D eigenvalue weighted by molar-refractivity contribution is -0.174. The van der Waals surface area contributed by atoms with Crippen molar-refractivity contribution in [1.82, 2.24) is 0 Å². The summed E-state index contributed by atoms with van der Waals surface area (Å²) in [6, 6.07) is 0. The lowest BCUT2D eigenvalue weighted by Crippen LogP contribution is -2.61. The predicted molar refractivity (Wildman–Crippen MR) is 122 cm³/mol. The number of hydrogen-bond acceptors (Lipinski definition) is 6. The Balaban J connectivity index is 1.56. The summed E-state index contributed by atoms with van der Waals surface area (Å²) >= 11 is 0. The molecule has 4 aliphatic carbocycles. The molecule has 0 bridgehead atoms. The van der Waals surface area contributed by atoms with Crippen LogP contribution in [0.15, 0.2) is 11.6 Å². The zero-order valence-corrected chi connectivity index (χ0v) is 20.4. The van der Waals surface area contributed by atoms with Crippen LogP contribution in [0.4, 0.5) is 0 Å². The molecule has 6 nitrogen and oxygen atoms in total. The van der Waals surface area contributed by atoms with Gasteiger partial charge in [-0.25, -0.2) is 0 Å². The van der Waals surface area contributed by atoms with Gasteiger partial charge >= 0.3 is 5.97 Å². The highest BCUT2D eigenvalue weighted by Gasteiger charge is 2.68. The van der Waals surface area contributed by atoms with Gasteiger partial charge in [-0.15, -0.1) is 0 Å². The maximum Gasteiger partial charge on any atom is 0.309 e. The van der Waals surface area contributed by atoms with Gasteiger partial charge in [-0.1, -0.05) is 33.3 Å². The molecule has 0 spiro atoms. The first-order valence-corrected chi connectivity index (χ1v) is 12.7. The molecule has 0 aromatic heterocycles. The van der Waals surface area contributed by atoms with Crippen LogP contribution in [0.2, 0.25) is 0 Å². The molecule has 3 saturated carbocycles. The van der Waals surface area contributed by atoms with Crippen LogP contribution in [-0.2, 0) is 23.9 Å². The molecule has 3 unspecified atom stereocenters. The summed E-state index contributed by atoms with van der Waals surface area (Å²) in [5.74, 6) is -0.883. The second-order valence-corrected chi connectivity index (χ2v) is 11.3. The van der Waals surface area contributed by atoms with E-state index in [1.807, 2.05) is 20.8 Å². The number of rotatable bonds is 6. The summed E-state index contributed by atoms with van der Waals surface area (Å²) in [4.78, 5) is 51.2. The second kappa shape index (κ2) is 8.44. The second-order valence-electron chi connectivity index (χ2n) is 11.3. The number of ether oxygens (including phenoxy) is 1. The highest BCUT2D eigenvalue weighted by molar-refractivity contribution is 5.95. The number of Topliss-reactive ketones (excluding diaryl/α,β-unsaturated/α-hetero) is 2. The molecule has 0 saturated heterocycles. The van der Waals surface area contributed by atoms with Crippen molar-refractivity contribution in [2.75, 3.05) is 6.61 Å². The molecule has 0 aromatic carbocycles. The predicted octanol–water partition coefficient (Wildman–Crippen LogP) is 3.98. The average molecular weight is 459 g/mol. The van der Waals surface area contributed by atoms with Crippen LogP contribution in [0.25, 0.3) is 0 Å². The Morgan fingerprint density at radius 2 is 1.82 bits per heavy atom. The van der Waals surface area contributed by atoms with Crippen LogP contribution in [-0.4, -0.2) is 40.6 Å². The summed E-state index contributed by atoms with van der Waals surface area (Å²) in [7, 11) is 0. The van der Waals surface area contributed by atoms with Crippen molar-refractivity contribution in [1.29, 1.82) is 0 Å². The van der Waals surface area contributed by atoms with E-state index in [-0.39, 0.29) is 47.1 Å². The van der Waals surface area contributed by atoms with Gasteiger partial charge in [-0.3, -0.25) is 19.2 Å². The molecule has 0 amide bonds. The third-order valence-corrected chi connectivity index (χ3v) is 9.93. The molecule has 3 fully saturated rings. The van der Waals surface area contributed by atoms with Crippen LogP contribution >= 0.6 is 0 Å². The molecule has 1 N–H and O–H groups in total. The molecule has 4 aliphatic rings. The lowest BCUT2D eigenvalue weighted by Gasteiger charge is -2.57. The van der Waals surface area contributed by atoms with Crippen molar-refractivity contribution in [3.05, 3.63) is 11.6 Å². The van der Waals surface area contributed by atoms with Crippen molar-refractivity contribution < 1.29 is 29.0 Å². The molecular formula is C27H38O6. The minimum absolute atomic E-state index is 0.0555. The summed E-state index contributed by atoms with van der Waals surface area (Å²) in [6.45, 7) is 7.39. The maximum atomic E-state index is 13.6. The van der Waals surface area contributed by atoms with Crippen molar-refractivity contribution in [2.45, 2.75) is 91.1 Å². The van der Waals surface area contributed by atoms with Gasteiger partial charge in [0.2, 0.25) is 5.78 Å². The van der Waals surface area contributed by atoms with Gasteiger partial charge in [0.1, 0.15) is 11.4 Å². The van der Waals surface area contributed by atoms with Crippen LogP contribution in [0.3, 0.4) is 0 Å². The van der Waals surface area contributed by atoms with Gasteiger partial charge in [0, 0.05) is 24.2 Å². The van der Waals surface area contributed by atoms with Crippen molar-refractivity contribution in [2.24, 2.45) is 34.5 Å². The van der Waals surface area contributed by atoms with Crippen LogP contribution in [0.5, 0.6) is 0 Å². The van der Waals surface area contributed by atoms with Gasteiger partial charge in [-0.05, 0) is 68.3 Å². The number of esters is 1. The van der Waals surface area contributed by atoms with Gasteiger partial charge in [0.25, 0.3) is 0 Å². The number of fused-ring (bicyclic) bond motifs is 5. The topological polar surface area (TPSA) is 97.7 Å². The minimum Gasteiger partial charge on any atom is -0.457 e. The first-order valence-electron chi connectivity index (χ1n) is 12.7. The van der Waals surface area contributed by atoms with E-state index in [9.17, 15) is 24.3 Å². The first-order chi connectivity index (χ1) is 15.5. The van der Waals surface area contributed by atoms with Crippen LogP contribution < -0.4 is 0 Å². The zero-order valence-electron chi connectivity index (χ0n) is 20.4. The molecule has 0 aliphatic heterocycles. The maximum absolute atomic E-state index is 13.6. The molecule has 0 heterocycles. The van der Waals surface area contributed by atoms with E-state index in [4.69, 9.17) is 4.74 Å². The van der Waals surface area contributed by atoms with Crippen LogP contribution in [0.1, 0.15) is 85.5 Å². The Morgan fingerprint density at radius 1 is 1.12 bits per heavy atom. The van der Waals surface area contributed by atoms with Crippen molar-refractivity contribution in [3.63, 3.8) is 0 Å². The number of carbonyl (C=O) groups is 4. The summed E-state index contributed by atoms with van der Waals surface area (Å²) < 4.78 is 5.31. The number of carbonyl (C=O) groups excluding carboxylic acids is 4. The Morgan fingerprint density at radius 3 is 2.48 bits per heavy atom. The third-order valence-electron chi connectivity index (χ3n) is 9.93. The molecule has 33 heavy (non-hydrogen) atoms. The zero-order chi connectivity index (χ0) is 24.2. The third kappa shape index (κ3) is 3.55. The fourth-order valence-corrected chi connectivity index (χ4v) is 7.84. The van der Waals surface area contributed by atoms with E-state index < -0.39 is 29.4 Å². The molecule has 4 rings (SSSR count). The van der Waals surface area contributed by atoms with Crippen LogP contribution in [0, 0.1) is 34.5 Å². The molecule has 0 radical (unpaired) electrons. The van der Waals surface area contributed by atoms with E-state index in [1.54, 1.807) is 6.08 Å². The fourth-order valence-electron chi connectivity index (χ4n) is 7.84. The first kappa shape index (κ1) is 24.3. The monoisotopic (exact) mass is 458 g/mol. The van der Waals surface area contributed by atoms with Gasteiger partial charge in [-0.2, -0.15) is 0 Å². The SMILES string of the molecule is CCC(CC)C(=O)OCC(=O)[C@@]1(O)CCC2C3CCC4=CC(=O)CC[C@]4(C)C3C(=O)C[C@@]21C. The highest BCUT2D eigenvalue weighted by Crippen LogP contribution is 2.66. The smallest absolute Gasteiger partial charge is 0.309 e. The molecular weight excluding hydrogens is 420 g/mol. The summed E-state index contributed by atoms with van der Waals surface area (Å²) in [5.41, 5.74) is -1.71. The van der Waals surface area contributed by atoms with E-state index >= 15 is 0 Å². The van der Waals surface area contributed by atoms with E-state index in [0.29, 0.717) is 38.5 Å². The molecule has 182 valence electrons. The normalized spacial score (nSPS) is 40.1. The minimum atomic E-state index is -1.66. The highest BCUT2D eigenvalue weighted by atomic mass is 16.5. The van der Waals surface area contributed by atoms with Crippen molar-refractivity contribution >= 4 is 23.3 Å². The number of ketones is 3. The molecule has 6 heteroatoms. The van der Waals surface area contributed by atoms with Gasteiger partial charge in [0.05, 0.1) is 5.92 Å². The molecule has 0 aromatic rings. The quantitative estimate of drug-likeness (QED) is 0.605. The lowest BCUT2D eigenvalue weighted by atomic mass is 9.46. The van der Waals surface area contributed by atoms with Gasteiger partial charge in [0.15, 0.2) is 12.4 Å². The Bertz CT molecular complexity index is 900. The Kier molecular flexibility index (Phi) is 6.22. The van der Waals surface area contributed by atoms with Crippen molar-refractivity contribution in [3.8, 4) is 0 Å². The summed E-state index contributed by atoms with van der Waals surface area (Å²) in [5, 5.41) is 11.7. The van der Waals surface area contributed by atoms with E-state index in [0.717, 1.165) is 18.4 Å². The Labute approximate surface area is 196 Å². The number of allylic oxidation sites excluding steroid dienone is 1. The fraction of sp³-hybridized carbons (Fsp3) is 0.778. The van der Waals surface area contributed by atoms with E-state index in [2.05, 4.69) is 6.92 Å². The number of hydrogen-bond donors (Lipinski definition) is 1. The Hall–Kier alpha value is -1.82.